The van der Waals surface area contributed by atoms with Crippen LogP contribution in [-0.2, 0) is 4.79 Å². The maximum absolute atomic E-state index is 8.25. The summed E-state index contributed by atoms with van der Waals surface area (Å²) in [5.74, 6) is 0. The van der Waals surface area contributed by atoms with Gasteiger partial charge in [-0.05, 0) is 0 Å². The van der Waals surface area contributed by atoms with Crippen LogP contribution in [0, 0.1) is 0 Å². The van der Waals surface area contributed by atoms with E-state index in [-0.39, 0.29) is 38.0 Å². The fraction of sp³-hybridized carbons (Fsp3) is 0. The summed E-state index contributed by atoms with van der Waals surface area (Å²) in [6.45, 7) is -0.500. The van der Waals surface area contributed by atoms with Crippen molar-refractivity contribution >= 4 is 14.9 Å². The van der Waals surface area contributed by atoms with Gasteiger partial charge in [-0.2, -0.15) is 0 Å². The van der Waals surface area contributed by atoms with Crippen LogP contribution < -0.4 is 34.7 Å². The Kier molecular flexibility index (Phi) is 85.2. The first-order valence-electron chi connectivity index (χ1n) is 0.471. The molecule has 0 unspecified atom stereocenters. The number of carboxylic acid groups (broad SMARTS) is 1. The fourth-order valence-electron chi connectivity index (χ4n) is 0. The molecule has 0 aromatic rings. The summed E-state index contributed by atoms with van der Waals surface area (Å²) in [5, 5.41) is 8.25. The zero-order valence-electron chi connectivity index (χ0n) is 2.97. The van der Waals surface area contributed by atoms with Crippen LogP contribution in [0.5, 0.6) is 0 Å². The molecule has 0 aromatic carbocycles. The predicted molar refractivity (Wildman–Crippen MR) is 11.8 cm³/mol. The molecule has 0 saturated carbocycles. The molecule has 0 fully saturated rings. The van der Waals surface area contributed by atoms with E-state index in [2.05, 4.69) is 0 Å². The molecule has 4 radical (unpaired) electrons. The maximum atomic E-state index is 8.25. The number of carbonyl (C=O) groups is 1. The minimum Gasteiger partial charge on any atom is -1.00 e. The molecule has 0 aliphatic heterocycles. The Morgan fingerprint density at radius 2 is 1.60 bits per heavy atom. The van der Waals surface area contributed by atoms with Gasteiger partial charge in [0.15, 0.2) is 0 Å². The summed E-state index contributed by atoms with van der Waals surface area (Å²) in [4.78, 5) is 8.25. The standard InChI is InChI=1S/CH2O2.B.Na/c2-1-3;;/h1H,(H,2,3);;/q;-1;+1/p-1. The Labute approximate surface area is 54.4 Å². The van der Waals surface area contributed by atoms with Crippen LogP contribution in [0.1, 0.15) is 0 Å². The third-order valence-electron chi connectivity index (χ3n) is 0. The number of carbonyl (C=O) groups excluding carboxylic acids is 1. The van der Waals surface area contributed by atoms with Crippen molar-refractivity contribution in [3.05, 3.63) is 0 Å². The van der Waals surface area contributed by atoms with Gasteiger partial charge < -0.3 is 18.3 Å². The monoisotopic (exact) mass is 79.0 g/mol. The van der Waals surface area contributed by atoms with Crippen LogP contribution in [0.15, 0.2) is 0 Å². The van der Waals surface area contributed by atoms with Gasteiger partial charge in [-0.3, -0.25) is 0 Å². The van der Waals surface area contributed by atoms with Crippen molar-refractivity contribution < 1.29 is 39.5 Å². The molecule has 0 aliphatic carbocycles. The number of hydrogen-bond acceptors (Lipinski definition) is 2. The largest absolute Gasteiger partial charge is 1.00 e. The van der Waals surface area contributed by atoms with E-state index in [4.69, 9.17) is 9.90 Å². The van der Waals surface area contributed by atoms with Crippen molar-refractivity contribution in [3.8, 4) is 0 Å². The average molecular weight is 78.8 g/mol. The first kappa shape index (κ1) is 17.7. The first-order chi connectivity index (χ1) is 1.41. The Bertz CT molecular complexity index is 17.1. The third kappa shape index (κ3) is 102. The van der Waals surface area contributed by atoms with Crippen molar-refractivity contribution in [2.24, 2.45) is 0 Å². The molecule has 0 saturated heterocycles. The Morgan fingerprint density at radius 1 is 1.60 bits per heavy atom. The molecule has 0 aromatic heterocycles. The van der Waals surface area contributed by atoms with Gasteiger partial charge in [-0.25, -0.2) is 0 Å². The summed E-state index contributed by atoms with van der Waals surface area (Å²) in [7, 11) is 0. The predicted octanol–water partition coefficient (Wildman–Crippen LogP) is -5.01. The van der Waals surface area contributed by atoms with Crippen LogP contribution >= 0.6 is 0 Å². The Morgan fingerprint density at radius 3 is 1.60 bits per heavy atom. The molecule has 2 nitrogen and oxygen atoms in total. The van der Waals surface area contributed by atoms with Gasteiger partial charge in [0.25, 0.3) is 0 Å². The van der Waals surface area contributed by atoms with E-state index in [1.54, 1.807) is 0 Å². The van der Waals surface area contributed by atoms with Gasteiger partial charge in [0.05, 0.1) is 0 Å². The summed E-state index contributed by atoms with van der Waals surface area (Å²) in [6.07, 6.45) is 0. The molecule has 0 spiro atoms. The summed E-state index contributed by atoms with van der Waals surface area (Å²) >= 11 is 0. The molecular formula is CHBNaO2-. The Balaban J connectivity index is -0.0000000200. The van der Waals surface area contributed by atoms with E-state index in [1.165, 1.54) is 0 Å². The molecule has 0 atom stereocenters. The van der Waals surface area contributed by atoms with Gasteiger partial charge in [-0.1, -0.05) is 0 Å². The van der Waals surface area contributed by atoms with E-state index in [0.717, 1.165) is 0 Å². The molecule has 0 bridgehead atoms. The van der Waals surface area contributed by atoms with Gasteiger partial charge >= 0.3 is 29.6 Å². The second-order valence-electron chi connectivity index (χ2n) is 0.0962. The summed E-state index contributed by atoms with van der Waals surface area (Å²) < 4.78 is 0. The van der Waals surface area contributed by atoms with E-state index < -0.39 is 6.47 Å². The van der Waals surface area contributed by atoms with Crippen LogP contribution in [0.3, 0.4) is 0 Å². The Hall–Kier alpha value is 0.535. The molecule has 0 aliphatic rings. The third-order valence-corrected chi connectivity index (χ3v) is 0. The van der Waals surface area contributed by atoms with Crippen molar-refractivity contribution in [1.82, 2.24) is 0 Å². The van der Waals surface area contributed by atoms with Gasteiger partial charge in [0.1, 0.15) is 0 Å². The zero-order valence-corrected chi connectivity index (χ0v) is 4.97. The van der Waals surface area contributed by atoms with Gasteiger partial charge in [0.2, 0.25) is 0 Å². The average Bonchev–Trinajstić information content (AvgIpc) is 0.918. The van der Waals surface area contributed by atoms with E-state index in [0.29, 0.717) is 0 Å². The van der Waals surface area contributed by atoms with Crippen molar-refractivity contribution in [1.29, 1.82) is 0 Å². The molecule has 4 heteroatoms. The SMILES string of the molecule is O=C[O-].[B-].[Na+]. The van der Waals surface area contributed by atoms with Gasteiger partial charge in [0, 0.05) is 6.47 Å². The maximum Gasteiger partial charge on any atom is 1.00 e. The molecule has 0 rings (SSSR count). The molecule has 22 valence electrons. The van der Waals surface area contributed by atoms with Crippen molar-refractivity contribution in [3.63, 3.8) is 0 Å². The minimum absolute atomic E-state index is 0. The van der Waals surface area contributed by atoms with Crippen LogP contribution in [0.2, 0.25) is 0 Å². The van der Waals surface area contributed by atoms with E-state index in [9.17, 15) is 0 Å². The summed E-state index contributed by atoms with van der Waals surface area (Å²) in [5.41, 5.74) is 0. The topological polar surface area (TPSA) is 40.1 Å². The van der Waals surface area contributed by atoms with Crippen LogP contribution in [-0.4, -0.2) is 14.9 Å². The first-order valence-corrected chi connectivity index (χ1v) is 0.471. The van der Waals surface area contributed by atoms with Crippen LogP contribution in [0.25, 0.3) is 0 Å². The van der Waals surface area contributed by atoms with Crippen molar-refractivity contribution in [2.75, 3.05) is 0 Å². The fourth-order valence-corrected chi connectivity index (χ4v) is 0. The minimum atomic E-state index is -0.500. The normalized spacial score (nSPS) is 2.40. The molecule has 5 heavy (non-hydrogen) atoms. The smallest absolute Gasteiger partial charge is 1.00 e. The molecule has 0 amide bonds. The molecule has 0 N–H and O–H groups in total. The van der Waals surface area contributed by atoms with E-state index in [1.807, 2.05) is 0 Å². The number of rotatable bonds is 0. The molecule has 0 heterocycles. The quantitative estimate of drug-likeness (QED) is 0.215. The van der Waals surface area contributed by atoms with Crippen molar-refractivity contribution in [2.45, 2.75) is 0 Å². The molecular weight excluding hydrogens is 77.8 g/mol. The van der Waals surface area contributed by atoms with Crippen LogP contribution in [0.4, 0.5) is 0 Å². The second-order valence-corrected chi connectivity index (χ2v) is 0.0962. The second kappa shape index (κ2) is 24.1. The zero-order chi connectivity index (χ0) is 2.71. The van der Waals surface area contributed by atoms with Gasteiger partial charge in [-0.15, -0.1) is 0 Å². The summed E-state index contributed by atoms with van der Waals surface area (Å²) in [6, 6.07) is 0. The number of hydrogen-bond donors (Lipinski definition) is 0. The van der Waals surface area contributed by atoms with E-state index >= 15 is 0 Å².